The Labute approximate surface area is 196 Å². The molecule has 2 aromatic rings. The van der Waals surface area contributed by atoms with Gasteiger partial charge in [-0.05, 0) is 76.5 Å². The Morgan fingerprint density at radius 3 is 2.42 bits per heavy atom. The third-order valence-corrected chi connectivity index (χ3v) is 6.67. The Morgan fingerprint density at radius 2 is 1.70 bits per heavy atom. The van der Waals surface area contributed by atoms with E-state index in [2.05, 4.69) is 23.3 Å². The molecule has 1 aliphatic rings. The van der Waals surface area contributed by atoms with Gasteiger partial charge in [-0.2, -0.15) is 0 Å². The maximum Gasteiger partial charge on any atom is 0.329 e. The van der Waals surface area contributed by atoms with Crippen LogP contribution in [0.25, 0.3) is 11.0 Å². The maximum absolute atomic E-state index is 12.9. The number of imide groups is 1. The van der Waals surface area contributed by atoms with Gasteiger partial charge in [0, 0.05) is 13.5 Å². The molecular formula is C25H39N5O3. The number of nitrogens with two attached hydrogens (primary N) is 1. The van der Waals surface area contributed by atoms with Crippen LogP contribution in [-0.2, 0) is 23.1 Å². The van der Waals surface area contributed by atoms with E-state index in [1.54, 1.807) is 11.6 Å². The van der Waals surface area contributed by atoms with Crippen LogP contribution < -0.4 is 16.7 Å². The van der Waals surface area contributed by atoms with Crippen molar-refractivity contribution in [2.45, 2.75) is 70.3 Å². The Hall–Kier alpha value is -2.45. The zero-order chi connectivity index (χ0) is 23.8. The van der Waals surface area contributed by atoms with E-state index in [4.69, 9.17) is 5.73 Å². The van der Waals surface area contributed by atoms with Crippen LogP contribution in [0.3, 0.4) is 0 Å². The summed E-state index contributed by atoms with van der Waals surface area (Å²) in [5, 5.41) is 2.35. The molecule has 2 heterocycles. The summed E-state index contributed by atoms with van der Waals surface area (Å²) in [7, 11) is 3.92. The Bertz CT molecular complexity index is 1010. The maximum atomic E-state index is 12.9. The molecule has 1 atom stereocenters. The summed E-state index contributed by atoms with van der Waals surface area (Å²) in [6.45, 7) is 2.97. The molecule has 0 radical (unpaired) electrons. The van der Waals surface area contributed by atoms with Gasteiger partial charge in [-0.1, -0.05) is 31.7 Å². The molecule has 1 fully saturated rings. The third-order valence-electron chi connectivity index (χ3n) is 6.67. The second kappa shape index (κ2) is 12.1. The van der Waals surface area contributed by atoms with E-state index < -0.39 is 11.9 Å². The lowest BCUT2D eigenvalue weighted by Crippen LogP contribution is -2.44. The molecule has 0 aliphatic carbocycles. The summed E-state index contributed by atoms with van der Waals surface area (Å²) in [5.41, 5.74) is 8.06. The number of carbonyl (C=O) groups is 2. The molecule has 182 valence electrons. The van der Waals surface area contributed by atoms with Gasteiger partial charge >= 0.3 is 5.69 Å². The number of imidazole rings is 1. The fraction of sp³-hybridized carbons (Fsp3) is 0.640. The standard InChI is InChI=1S/C25H39N5O3/c1-28(16-8-6-4-3-5-7-15-26)17-9-10-19-11-12-20-22(18-19)29(2)25(33)30(20)21-13-14-23(31)27-24(21)32/h11-12,18,21H,3-10,13-17,26H2,1-2H3,(H,27,31,32). The number of nitrogens with zero attached hydrogens (tertiary/aromatic N) is 3. The van der Waals surface area contributed by atoms with E-state index >= 15 is 0 Å². The lowest BCUT2D eigenvalue weighted by Gasteiger charge is -2.21. The van der Waals surface area contributed by atoms with Crippen LogP contribution in [0.5, 0.6) is 0 Å². The van der Waals surface area contributed by atoms with Crippen LogP contribution in [0.2, 0.25) is 0 Å². The van der Waals surface area contributed by atoms with Crippen LogP contribution in [0, 0.1) is 0 Å². The molecule has 2 amide bonds. The van der Waals surface area contributed by atoms with Crippen molar-refractivity contribution >= 4 is 22.8 Å². The molecule has 0 bridgehead atoms. The highest BCUT2D eigenvalue weighted by atomic mass is 16.2. The quantitative estimate of drug-likeness (QED) is 0.355. The summed E-state index contributed by atoms with van der Waals surface area (Å²) in [6, 6.07) is 5.40. The molecule has 0 saturated carbocycles. The first kappa shape index (κ1) is 25.2. The third kappa shape index (κ3) is 6.54. The molecule has 1 aliphatic heterocycles. The van der Waals surface area contributed by atoms with Gasteiger partial charge in [0.15, 0.2) is 0 Å². The molecule has 3 rings (SSSR count). The van der Waals surface area contributed by atoms with E-state index in [1.165, 1.54) is 42.2 Å². The van der Waals surface area contributed by atoms with Crippen molar-refractivity contribution in [3.05, 3.63) is 34.2 Å². The van der Waals surface area contributed by atoms with Gasteiger partial charge in [0.25, 0.3) is 0 Å². The highest BCUT2D eigenvalue weighted by molar-refractivity contribution is 6.00. The number of unbranched alkanes of at least 4 members (excludes halogenated alkanes) is 5. The molecular weight excluding hydrogens is 418 g/mol. The van der Waals surface area contributed by atoms with Crippen LogP contribution in [0.1, 0.15) is 69.4 Å². The molecule has 1 saturated heterocycles. The first-order chi connectivity index (χ1) is 15.9. The van der Waals surface area contributed by atoms with Crippen molar-refractivity contribution in [1.82, 2.24) is 19.4 Å². The minimum absolute atomic E-state index is 0.223. The van der Waals surface area contributed by atoms with Crippen molar-refractivity contribution in [2.24, 2.45) is 12.8 Å². The summed E-state index contributed by atoms with van der Waals surface area (Å²) in [6.07, 6.45) is 10.1. The first-order valence-electron chi connectivity index (χ1n) is 12.3. The number of fused-ring (bicyclic) bond motifs is 1. The minimum Gasteiger partial charge on any atom is -0.330 e. The van der Waals surface area contributed by atoms with Crippen molar-refractivity contribution in [3.63, 3.8) is 0 Å². The molecule has 1 aromatic carbocycles. The average Bonchev–Trinajstić information content (AvgIpc) is 3.03. The monoisotopic (exact) mass is 457 g/mol. The molecule has 3 N–H and O–H groups in total. The van der Waals surface area contributed by atoms with Gasteiger partial charge in [-0.15, -0.1) is 0 Å². The predicted octanol–water partition coefficient (Wildman–Crippen LogP) is 2.48. The van der Waals surface area contributed by atoms with Crippen LogP contribution in [0.4, 0.5) is 0 Å². The van der Waals surface area contributed by atoms with E-state index in [1.807, 2.05) is 12.1 Å². The van der Waals surface area contributed by atoms with E-state index in [-0.39, 0.29) is 18.0 Å². The van der Waals surface area contributed by atoms with Gasteiger partial charge in [-0.25, -0.2) is 4.79 Å². The summed E-state index contributed by atoms with van der Waals surface area (Å²) < 4.78 is 3.13. The van der Waals surface area contributed by atoms with Crippen molar-refractivity contribution < 1.29 is 9.59 Å². The minimum atomic E-state index is -0.640. The summed E-state index contributed by atoms with van der Waals surface area (Å²) >= 11 is 0. The zero-order valence-electron chi connectivity index (χ0n) is 20.1. The Kier molecular flexibility index (Phi) is 9.26. The summed E-state index contributed by atoms with van der Waals surface area (Å²) in [4.78, 5) is 39.1. The molecule has 33 heavy (non-hydrogen) atoms. The highest BCUT2D eigenvalue weighted by Crippen LogP contribution is 2.24. The lowest BCUT2D eigenvalue weighted by molar-refractivity contribution is -0.135. The average molecular weight is 458 g/mol. The fourth-order valence-corrected chi connectivity index (χ4v) is 4.69. The van der Waals surface area contributed by atoms with Gasteiger partial charge in [0.2, 0.25) is 11.8 Å². The number of benzene rings is 1. The van der Waals surface area contributed by atoms with Crippen molar-refractivity contribution in [3.8, 4) is 0 Å². The molecule has 1 unspecified atom stereocenters. The number of nitrogens with one attached hydrogen (secondary N) is 1. The summed E-state index contributed by atoms with van der Waals surface area (Å²) in [5.74, 6) is -0.678. The lowest BCUT2D eigenvalue weighted by atomic mass is 10.1. The van der Waals surface area contributed by atoms with Crippen molar-refractivity contribution in [1.29, 1.82) is 0 Å². The van der Waals surface area contributed by atoms with E-state index in [0.29, 0.717) is 6.42 Å². The number of hydrogen-bond donors (Lipinski definition) is 2. The van der Waals surface area contributed by atoms with Gasteiger partial charge in [0.05, 0.1) is 11.0 Å². The molecule has 0 spiro atoms. The van der Waals surface area contributed by atoms with Crippen LogP contribution >= 0.6 is 0 Å². The van der Waals surface area contributed by atoms with Crippen LogP contribution in [0.15, 0.2) is 23.0 Å². The number of rotatable bonds is 13. The fourth-order valence-electron chi connectivity index (χ4n) is 4.69. The SMILES string of the molecule is CN(CCCCCCCCN)CCCc1ccc2c(c1)n(C)c(=O)n2C1CCC(=O)NC1=O. The van der Waals surface area contributed by atoms with Crippen LogP contribution in [-0.4, -0.2) is 52.5 Å². The highest BCUT2D eigenvalue weighted by Gasteiger charge is 2.31. The topological polar surface area (TPSA) is 102 Å². The predicted molar refractivity (Wildman–Crippen MR) is 131 cm³/mol. The van der Waals surface area contributed by atoms with Gasteiger partial charge < -0.3 is 10.6 Å². The molecule has 8 heteroatoms. The second-order valence-corrected chi connectivity index (χ2v) is 9.32. The number of carbonyl (C=O) groups excluding carboxylic acids is 2. The smallest absolute Gasteiger partial charge is 0.329 e. The second-order valence-electron chi connectivity index (χ2n) is 9.32. The van der Waals surface area contributed by atoms with Crippen molar-refractivity contribution in [2.75, 3.05) is 26.7 Å². The number of amides is 2. The van der Waals surface area contributed by atoms with E-state index in [0.717, 1.165) is 49.9 Å². The van der Waals surface area contributed by atoms with E-state index in [9.17, 15) is 14.4 Å². The van der Waals surface area contributed by atoms with Gasteiger partial charge in [-0.3, -0.25) is 24.0 Å². The molecule has 8 nitrogen and oxygen atoms in total. The number of aromatic nitrogens is 2. The number of hydrogen-bond acceptors (Lipinski definition) is 5. The molecule has 1 aromatic heterocycles. The Balaban J connectivity index is 1.52. The first-order valence-corrected chi connectivity index (χ1v) is 12.3. The van der Waals surface area contributed by atoms with Gasteiger partial charge in [0.1, 0.15) is 6.04 Å². The Morgan fingerprint density at radius 1 is 1.00 bits per heavy atom. The zero-order valence-corrected chi connectivity index (χ0v) is 20.1. The largest absolute Gasteiger partial charge is 0.330 e. The normalized spacial score (nSPS) is 16.7. The number of aryl methyl sites for hydroxylation is 2. The number of piperidine rings is 1.